The summed E-state index contributed by atoms with van der Waals surface area (Å²) in [4.78, 5) is 0. The lowest BCUT2D eigenvalue weighted by Gasteiger charge is -2.28. The number of benzene rings is 1. The number of para-hydroxylation sites is 1. The maximum absolute atomic E-state index is 6.12. The van der Waals surface area contributed by atoms with Crippen LogP contribution in [0.2, 0.25) is 0 Å². The predicted octanol–water partition coefficient (Wildman–Crippen LogP) is 5.16. The molecule has 3 rings (SSSR count). The summed E-state index contributed by atoms with van der Waals surface area (Å²) in [6.45, 7) is 6.52. The summed E-state index contributed by atoms with van der Waals surface area (Å²) in [6, 6.07) is 8.22. The molecule has 128 valence electrons. The van der Waals surface area contributed by atoms with Gasteiger partial charge in [-0.2, -0.15) is 0 Å². The Morgan fingerprint density at radius 1 is 0.920 bits per heavy atom. The van der Waals surface area contributed by atoms with Crippen LogP contribution in [0.4, 0.5) is 0 Å². The quantitative estimate of drug-likeness (QED) is 0.647. The Balaban J connectivity index is 1.98. The summed E-state index contributed by atoms with van der Waals surface area (Å²) >= 11 is 0. The minimum atomic E-state index is -0.0278. The summed E-state index contributed by atoms with van der Waals surface area (Å²) in [7, 11) is 4.11. The second-order valence-electron chi connectivity index (χ2n) is 7.63. The first-order chi connectivity index (χ1) is 11.8. The average Bonchev–Trinajstić information content (AvgIpc) is 2.59. The molecule has 2 aliphatic rings. The molecule has 2 heteroatoms. The van der Waals surface area contributed by atoms with Crippen molar-refractivity contribution in [2.24, 2.45) is 5.41 Å². The third-order valence-corrected chi connectivity index (χ3v) is 4.31. The fraction of sp³-hybridized carbons (Fsp3) is 0.261. The molecular formula is C23H26NO+. The molecule has 0 amide bonds. The number of rotatable bonds is 1. The molecule has 0 fully saturated rings. The third-order valence-electron chi connectivity index (χ3n) is 4.31. The molecule has 0 atom stereocenters. The first-order valence-electron chi connectivity index (χ1n) is 8.66. The zero-order valence-electron chi connectivity index (χ0n) is 15.7. The Kier molecular flexibility index (Phi) is 4.63. The minimum absolute atomic E-state index is 0.0278. The highest BCUT2D eigenvalue weighted by molar-refractivity contribution is 6.02. The lowest BCUT2D eigenvalue weighted by molar-refractivity contribution is -0.462. The molecule has 0 unspecified atom stereocenters. The van der Waals surface area contributed by atoms with Crippen LogP contribution in [-0.2, 0) is 0 Å². The first-order valence-corrected chi connectivity index (χ1v) is 8.66. The highest BCUT2D eigenvalue weighted by Gasteiger charge is 2.25. The highest BCUT2D eigenvalue weighted by atomic mass is 16.5. The molecule has 0 radical (unpaired) electrons. The zero-order valence-corrected chi connectivity index (χ0v) is 15.7. The van der Waals surface area contributed by atoms with E-state index in [1.54, 1.807) is 0 Å². The van der Waals surface area contributed by atoms with Crippen molar-refractivity contribution in [2.75, 3.05) is 14.1 Å². The number of hydrogen-bond donors (Lipinski definition) is 0. The van der Waals surface area contributed by atoms with Crippen LogP contribution in [0.1, 0.15) is 26.3 Å². The molecule has 0 saturated carbocycles. The maximum atomic E-state index is 6.12. The van der Waals surface area contributed by atoms with Crippen LogP contribution in [0.15, 0.2) is 78.1 Å². The van der Waals surface area contributed by atoms with Gasteiger partial charge < -0.3 is 4.74 Å². The van der Waals surface area contributed by atoms with Crippen molar-refractivity contribution in [3.8, 4) is 5.75 Å². The van der Waals surface area contributed by atoms with Crippen molar-refractivity contribution in [2.45, 2.75) is 20.8 Å². The fourth-order valence-corrected chi connectivity index (χ4v) is 2.74. The fourth-order valence-electron chi connectivity index (χ4n) is 2.74. The molecule has 1 aromatic carbocycles. The molecule has 1 aromatic rings. The van der Waals surface area contributed by atoms with Crippen molar-refractivity contribution in [3.05, 3.63) is 83.7 Å². The van der Waals surface area contributed by atoms with E-state index in [4.69, 9.17) is 4.74 Å². The summed E-state index contributed by atoms with van der Waals surface area (Å²) in [5.74, 6) is 1.92. The van der Waals surface area contributed by atoms with Crippen LogP contribution in [0.5, 0.6) is 5.75 Å². The third kappa shape index (κ3) is 3.90. The van der Waals surface area contributed by atoms with Gasteiger partial charge in [0.2, 0.25) is 0 Å². The second-order valence-corrected chi connectivity index (χ2v) is 7.63. The van der Waals surface area contributed by atoms with E-state index in [0.717, 1.165) is 17.1 Å². The Labute approximate surface area is 150 Å². The first kappa shape index (κ1) is 17.2. The number of hydrogen-bond acceptors (Lipinski definition) is 1. The standard InChI is InChI=1S/C23H26NO/c1-23(2,3)22-16-18(20-8-6-7-9-21(20)25-22)13-10-17-11-14-19(15-12-17)24(4)5/h6-16H,1-5H3/q+1/b18-13+. The molecule has 1 aliphatic carbocycles. The van der Waals surface area contributed by atoms with Crippen LogP contribution in [0, 0.1) is 5.41 Å². The van der Waals surface area contributed by atoms with Crippen molar-refractivity contribution >= 4 is 11.3 Å². The lowest BCUT2D eigenvalue weighted by Crippen LogP contribution is -2.18. The van der Waals surface area contributed by atoms with Gasteiger partial charge in [0, 0.05) is 23.1 Å². The predicted molar refractivity (Wildman–Crippen MR) is 106 cm³/mol. The van der Waals surface area contributed by atoms with Gasteiger partial charge in [0.1, 0.15) is 25.6 Å². The normalized spacial score (nSPS) is 18.0. The van der Waals surface area contributed by atoms with Gasteiger partial charge in [-0.3, -0.25) is 0 Å². The smallest absolute Gasteiger partial charge is 0.199 e. The van der Waals surface area contributed by atoms with E-state index in [2.05, 4.69) is 94.1 Å². The summed E-state index contributed by atoms with van der Waals surface area (Å²) < 4.78 is 8.23. The van der Waals surface area contributed by atoms with Crippen molar-refractivity contribution in [3.63, 3.8) is 0 Å². The van der Waals surface area contributed by atoms with E-state index in [1.807, 2.05) is 12.1 Å². The van der Waals surface area contributed by atoms with Crippen LogP contribution >= 0.6 is 0 Å². The van der Waals surface area contributed by atoms with Crippen molar-refractivity contribution in [1.29, 1.82) is 0 Å². The maximum Gasteiger partial charge on any atom is 0.199 e. The van der Waals surface area contributed by atoms with Crippen LogP contribution in [0.25, 0.3) is 5.57 Å². The summed E-state index contributed by atoms with van der Waals surface area (Å²) in [5, 5.41) is 0. The molecule has 1 heterocycles. The average molecular weight is 332 g/mol. The number of allylic oxidation sites excluding steroid dienone is 10. The molecular weight excluding hydrogens is 306 g/mol. The van der Waals surface area contributed by atoms with E-state index in [-0.39, 0.29) is 5.41 Å². The molecule has 2 nitrogen and oxygen atoms in total. The summed E-state index contributed by atoms with van der Waals surface area (Å²) in [5.41, 5.74) is 4.68. The Bertz CT molecular complexity index is 846. The van der Waals surface area contributed by atoms with Crippen LogP contribution in [0.3, 0.4) is 0 Å². The number of nitrogens with zero attached hydrogens (tertiary/aromatic N) is 1. The van der Waals surface area contributed by atoms with E-state index >= 15 is 0 Å². The van der Waals surface area contributed by atoms with Gasteiger partial charge in [0.25, 0.3) is 0 Å². The van der Waals surface area contributed by atoms with E-state index < -0.39 is 0 Å². The Morgan fingerprint density at radius 3 is 2.24 bits per heavy atom. The molecule has 1 aliphatic heterocycles. The molecule has 0 spiro atoms. The number of fused-ring (bicyclic) bond motifs is 1. The van der Waals surface area contributed by atoms with Crippen molar-refractivity contribution in [1.82, 2.24) is 0 Å². The van der Waals surface area contributed by atoms with Gasteiger partial charge in [-0.25, -0.2) is 4.58 Å². The minimum Gasteiger partial charge on any atom is -0.461 e. The largest absolute Gasteiger partial charge is 0.461 e. The van der Waals surface area contributed by atoms with Gasteiger partial charge >= 0.3 is 0 Å². The highest BCUT2D eigenvalue weighted by Crippen LogP contribution is 2.39. The number of ether oxygens (including phenoxy) is 1. The molecule has 0 bridgehead atoms. The van der Waals surface area contributed by atoms with Crippen LogP contribution < -0.4 is 4.74 Å². The summed E-state index contributed by atoms with van der Waals surface area (Å²) in [6.07, 6.45) is 15.1. The van der Waals surface area contributed by atoms with E-state index in [1.165, 1.54) is 16.9 Å². The van der Waals surface area contributed by atoms with Gasteiger partial charge in [0.05, 0.1) is 0 Å². The molecule has 0 aromatic heterocycles. The van der Waals surface area contributed by atoms with Crippen molar-refractivity contribution < 1.29 is 9.31 Å². The van der Waals surface area contributed by atoms with E-state index in [0.29, 0.717) is 0 Å². The van der Waals surface area contributed by atoms with Gasteiger partial charge in [-0.1, -0.05) is 51.1 Å². The van der Waals surface area contributed by atoms with Crippen LogP contribution in [-0.4, -0.2) is 24.4 Å². The lowest BCUT2D eigenvalue weighted by atomic mass is 9.89. The molecule has 0 saturated heterocycles. The zero-order chi connectivity index (χ0) is 18.0. The monoisotopic (exact) mass is 332 g/mol. The molecule has 25 heavy (non-hydrogen) atoms. The van der Waals surface area contributed by atoms with Gasteiger partial charge in [0.15, 0.2) is 5.71 Å². The SMILES string of the molecule is C[N+](C)=C1C=CC(=C/C=C2\C=C(C(C)(C)C)Oc3ccccc32)C=C1. The molecule has 0 N–H and O–H groups in total. The van der Waals surface area contributed by atoms with Gasteiger partial charge in [-0.15, -0.1) is 0 Å². The Hall–Kier alpha value is -2.61. The second kappa shape index (κ2) is 6.72. The van der Waals surface area contributed by atoms with E-state index in [9.17, 15) is 0 Å². The Morgan fingerprint density at radius 2 is 1.60 bits per heavy atom. The van der Waals surface area contributed by atoms with Gasteiger partial charge in [-0.05, 0) is 35.4 Å². The topological polar surface area (TPSA) is 12.2 Å².